The van der Waals surface area contributed by atoms with Gasteiger partial charge in [0.05, 0.1) is 11.8 Å². The van der Waals surface area contributed by atoms with E-state index in [1.165, 1.54) is 12.3 Å². The van der Waals surface area contributed by atoms with Crippen LogP contribution in [0.3, 0.4) is 0 Å². The number of aliphatic hydroxyl groups excluding tert-OH is 1. The van der Waals surface area contributed by atoms with Crippen LogP contribution in [-0.4, -0.2) is 26.9 Å². The fraction of sp³-hybridized carbons (Fsp3) is 0.125. The molecule has 1 atom stereocenters. The van der Waals surface area contributed by atoms with Crippen LogP contribution in [0.25, 0.3) is 5.65 Å². The average Bonchev–Trinajstić information content (AvgIpc) is 2.96. The Morgan fingerprint density at radius 1 is 1.22 bits per heavy atom. The fourth-order valence-electron chi connectivity index (χ4n) is 2.31. The predicted molar refractivity (Wildman–Crippen MR) is 78.8 cm³/mol. The van der Waals surface area contributed by atoms with Crippen molar-refractivity contribution in [1.29, 1.82) is 0 Å². The molecule has 2 aromatic heterocycles. The lowest BCUT2D eigenvalue weighted by atomic mass is 10.1. The normalized spacial score (nSPS) is 12.3. The molecule has 118 valence electrons. The Morgan fingerprint density at radius 2 is 1.96 bits per heavy atom. The lowest BCUT2D eigenvalue weighted by Crippen LogP contribution is -2.30. The Bertz CT molecular complexity index is 843. The minimum absolute atomic E-state index is 0.266. The summed E-state index contributed by atoms with van der Waals surface area (Å²) in [5, 5.41) is 12.4. The van der Waals surface area contributed by atoms with Crippen molar-refractivity contribution in [3.8, 4) is 0 Å². The monoisotopic (exact) mass is 317 g/mol. The van der Waals surface area contributed by atoms with Crippen LogP contribution in [0.5, 0.6) is 0 Å². The molecule has 2 heterocycles. The number of rotatable bonds is 4. The summed E-state index contributed by atoms with van der Waals surface area (Å²) in [5.74, 6) is -2.22. The number of nitrogens with zero attached hydrogens (tertiary/aromatic N) is 2. The van der Waals surface area contributed by atoms with E-state index >= 15 is 0 Å². The van der Waals surface area contributed by atoms with E-state index in [0.29, 0.717) is 5.65 Å². The lowest BCUT2D eigenvalue weighted by Gasteiger charge is -2.13. The molecule has 0 aliphatic rings. The van der Waals surface area contributed by atoms with Crippen LogP contribution in [0.2, 0.25) is 0 Å². The van der Waals surface area contributed by atoms with Gasteiger partial charge in [-0.1, -0.05) is 12.1 Å². The first-order chi connectivity index (χ1) is 11.1. The molecule has 0 spiro atoms. The molecule has 5 nitrogen and oxygen atoms in total. The number of imidazole rings is 1. The first-order valence-corrected chi connectivity index (χ1v) is 6.90. The zero-order valence-electron chi connectivity index (χ0n) is 11.9. The summed E-state index contributed by atoms with van der Waals surface area (Å²) >= 11 is 0. The molecular formula is C16H13F2N3O2. The second kappa shape index (κ2) is 6.13. The van der Waals surface area contributed by atoms with Gasteiger partial charge >= 0.3 is 0 Å². The van der Waals surface area contributed by atoms with E-state index in [9.17, 15) is 18.7 Å². The quantitative estimate of drug-likeness (QED) is 0.774. The molecule has 0 aliphatic carbocycles. The standard InChI is InChI=1S/C16H13F2N3O2/c17-10-4-3-5-11(18)15(10)13(22)9-20-16(23)12-8-19-14-6-1-2-7-21(12)14/h1-8,13,22H,9H2,(H,20,23). The van der Waals surface area contributed by atoms with E-state index in [1.54, 1.807) is 28.8 Å². The maximum Gasteiger partial charge on any atom is 0.270 e. The van der Waals surface area contributed by atoms with E-state index < -0.39 is 29.2 Å². The van der Waals surface area contributed by atoms with Gasteiger partial charge in [-0.15, -0.1) is 0 Å². The summed E-state index contributed by atoms with van der Waals surface area (Å²) < 4.78 is 28.7. The summed E-state index contributed by atoms with van der Waals surface area (Å²) in [6.45, 7) is -0.323. The SMILES string of the molecule is O=C(NCC(O)c1c(F)cccc1F)c1cnc2ccccn12. The van der Waals surface area contributed by atoms with Gasteiger partial charge in [0.2, 0.25) is 0 Å². The van der Waals surface area contributed by atoms with Gasteiger partial charge in [-0.05, 0) is 24.3 Å². The van der Waals surface area contributed by atoms with Crippen LogP contribution in [0, 0.1) is 11.6 Å². The number of pyridine rings is 1. The van der Waals surface area contributed by atoms with Crippen molar-refractivity contribution in [2.75, 3.05) is 6.54 Å². The predicted octanol–water partition coefficient (Wildman–Crippen LogP) is 2.08. The van der Waals surface area contributed by atoms with Crippen LogP contribution in [-0.2, 0) is 0 Å². The smallest absolute Gasteiger partial charge is 0.270 e. The molecule has 0 fully saturated rings. The highest BCUT2D eigenvalue weighted by Crippen LogP contribution is 2.20. The Morgan fingerprint density at radius 3 is 2.70 bits per heavy atom. The van der Waals surface area contributed by atoms with Crippen molar-refractivity contribution in [2.24, 2.45) is 0 Å². The Balaban J connectivity index is 1.74. The van der Waals surface area contributed by atoms with Crippen molar-refractivity contribution in [3.05, 3.63) is 71.7 Å². The number of carbonyl (C=O) groups excluding carboxylic acids is 1. The zero-order chi connectivity index (χ0) is 16.4. The molecule has 0 aliphatic heterocycles. The van der Waals surface area contributed by atoms with Crippen molar-refractivity contribution in [2.45, 2.75) is 6.10 Å². The summed E-state index contributed by atoms with van der Waals surface area (Å²) in [6, 6.07) is 8.57. The van der Waals surface area contributed by atoms with Gasteiger partial charge in [-0.3, -0.25) is 9.20 Å². The molecule has 1 unspecified atom stereocenters. The first kappa shape index (κ1) is 15.1. The third-order valence-electron chi connectivity index (χ3n) is 3.44. The molecule has 1 aromatic carbocycles. The fourth-order valence-corrected chi connectivity index (χ4v) is 2.31. The third-order valence-corrected chi connectivity index (χ3v) is 3.44. The Hall–Kier alpha value is -2.80. The van der Waals surface area contributed by atoms with Crippen LogP contribution in [0.15, 0.2) is 48.8 Å². The van der Waals surface area contributed by atoms with Crippen molar-refractivity contribution in [1.82, 2.24) is 14.7 Å². The number of hydrogen-bond acceptors (Lipinski definition) is 3. The van der Waals surface area contributed by atoms with Gasteiger partial charge in [0.1, 0.15) is 29.1 Å². The number of fused-ring (bicyclic) bond motifs is 1. The van der Waals surface area contributed by atoms with Crippen molar-refractivity contribution >= 4 is 11.6 Å². The average molecular weight is 317 g/mol. The number of hydrogen-bond donors (Lipinski definition) is 2. The van der Waals surface area contributed by atoms with Crippen LogP contribution < -0.4 is 5.32 Å². The van der Waals surface area contributed by atoms with Gasteiger partial charge in [0, 0.05) is 12.7 Å². The molecular weight excluding hydrogens is 304 g/mol. The summed E-state index contributed by atoms with van der Waals surface area (Å²) in [4.78, 5) is 16.2. The zero-order valence-corrected chi connectivity index (χ0v) is 11.9. The Kier molecular flexibility index (Phi) is 4.03. The maximum atomic E-state index is 13.6. The highest BCUT2D eigenvalue weighted by Gasteiger charge is 2.19. The number of aromatic nitrogens is 2. The number of aliphatic hydroxyl groups is 1. The van der Waals surface area contributed by atoms with E-state index in [0.717, 1.165) is 12.1 Å². The lowest BCUT2D eigenvalue weighted by molar-refractivity contribution is 0.0905. The minimum atomic E-state index is -1.49. The number of amides is 1. The van der Waals surface area contributed by atoms with Gasteiger partial charge in [0.25, 0.3) is 5.91 Å². The second-order valence-corrected chi connectivity index (χ2v) is 4.93. The third kappa shape index (κ3) is 2.91. The van der Waals surface area contributed by atoms with Crippen LogP contribution >= 0.6 is 0 Å². The largest absolute Gasteiger partial charge is 0.386 e. The van der Waals surface area contributed by atoms with Gasteiger partial charge in [-0.25, -0.2) is 13.8 Å². The topological polar surface area (TPSA) is 66.6 Å². The van der Waals surface area contributed by atoms with E-state index in [2.05, 4.69) is 10.3 Å². The minimum Gasteiger partial charge on any atom is -0.386 e. The maximum absolute atomic E-state index is 13.6. The highest BCUT2D eigenvalue weighted by atomic mass is 19.1. The van der Waals surface area contributed by atoms with Crippen molar-refractivity contribution < 1.29 is 18.7 Å². The highest BCUT2D eigenvalue weighted by molar-refractivity contribution is 5.93. The number of benzene rings is 1. The molecule has 1 amide bonds. The van der Waals surface area contributed by atoms with Crippen LogP contribution in [0.4, 0.5) is 8.78 Å². The van der Waals surface area contributed by atoms with Gasteiger partial charge < -0.3 is 10.4 Å². The first-order valence-electron chi connectivity index (χ1n) is 6.90. The summed E-state index contributed by atoms with van der Waals surface area (Å²) in [6.07, 6.45) is 1.57. The molecule has 0 bridgehead atoms. The molecule has 3 rings (SSSR count). The number of carbonyl (C=O) groups is 1. The number of nitrogens with one attached hydrogen (secondary N) is 1. The summed E-state index contributed by atoms with van der Waals surface area (Å²) in [7, 11) is 0. The van der Waals surface area contributed by atoms with E-state index in [4.69, 9.17) is 0 Å². The molecule has 23 heavy (non-hydrogen) atoms. The Labute approximate surface area is 130 Å². The molecule has 0 saturated heterocycles. The molecule has 0 radical (unpaired) electrons. The molecule has 2 N–H and O–H groups in total. The summed E-state index contributed by atoms with van der Waals surface area (Å²) in [5.41, 5.74) is 0.395. The number of halogens is 2. The molecule has 3 aromatic rings. The second-order valence-electron chi connectivity index (χ2n) is 4.93. The molecule has 7 heteroatoms. The van der Waals surface area contributed by atoms with Crippen LogP contribution in [0.1, 0.15) is 22.2 Å². The van der Waals surface area contributed by atoms with Gasteiger partial charge in [0.15, 0.2) is 0 Å². The van der Waals surface area contributed by atoms with Crippen molar-refractivity contribution in [3.63, 3.8) is 0 Å². The van der Waals surface area contributed by atoms with E-state index in [1.807, 2.05) is 0 Å². The van der Waals surface area contributed by atoms with Gasteiger partial charge in [-0.2, -0.15) is 0 Å². The molecule has 0 saturated carbocycles. The van der Waals surface area contributed by atoms with E-state index in [-0.39, 0.29) is 12.2 Å².